The molecule has 28 heavy (non-hydrogen) atoms. The van der Waals surface area contributed by atoms with Crippen LogP contribution in [0.25, 0.3) is 0 Å². The number of hydrogen-bond donors (Lipinski definition) is 1. The van der Waals surface area contributed by atoms with Crippen molar-refractivity contribution in [3.8, 4) is 0 Å². The zero-order valence-electron chi connectivity index (χ0n) is 15.9. The number of halogens is 1. The number of carbonyl (C=O) groups excluding carboxylic acids is 1. The van der Waals surface area contributed by atoms with Crippen LogP contribution in [0.2, 0.25) is 0 Å². The molecule has 2 heterocycles. The van der Waals surface area contributed by atoms with Crippen molar-refractivity contribution in [2.75, 3.05) is 18.4 Å². The van der Waals surface area contributed by atoms with Gasteiger partial charge in [0, 0.05) is 37.1 Å². The Balaban J connectivity index is 1.53. The van der Waals surface area contributed by atoms with Gasteiger partial charge in [-0.2, -0.15) is 0 Å². The number of nitrogens with one attached hydrogen (secondary N) is 1. The van der Waals surface area contributed by atoms with Crippen molar-refractivity contribution in [3.63, 3.8) is 0 Å². The molecule has 0 spiro atoms. The van der Waals surface area contributed by atoms with Gasteiger partial charge in [-0.05, 0) is 48.7 Å². The van der Waals surface area contributed by atoms with Crippen LogP contribution in [0.4, 0.5) is 15.8 Å². The summed E-state index contributed by atoms with van der Waals surface area (Å²) in [6, 6.07) is 14.5. The third kappa shape index (κ3) is 3.48. The molecule has 1 aliphatic rings. The van der Waals surface area contributed by atoms with E-state index < -0.39 is 0 Å². The molecule has 1 aromatic heterocycles. The number of anilines is 2. The molecule has 0 bridgehead atoms. The molecular formula is C23H22FN3O. The van der Waals surface area contributed by atoms with Gasteiger partial charge in [-0.3, -0.25) is 9.78 Å². The minimum atomic E-state index is -0.242. The number of pyridine rings is 1. The first-order chi connectivity index (χ1) is 13.5. The van der Waals surface area contributed by atoms with Crippen LogP contribution >= 0.6 is 0 Å². The Hall–Kier alpha value is -3.21. The molecule has 3 aromatic rings. The second-order valence-corrected chi connectivity index (χ2v) is 7.28. The fourth-order valence-corrected chi connectivity index (χ4v) is 3.50. The Morgan fingerprint density at radius 3 is 2.46 bits per heavy atom. The van der Waals surface area contributed by atoms with Crippen molar-refractivity contribution in [2.24, 2.45) is 0 Å². The highest BCUT2D eigenvalue weighted by molar-refractivity contribution is 6.01. The average molecular weight is 375 g/mol. The Bertz CT molecular complexity index is 1010. The largest absolute Gasteiger partial charge is 0.354 e. The Labute approximate surface area is 164 Å². The molecule has 2 aromatic carbocycles. The molecule has 0 atom stereocenters. The molecule has 4 rings (SSSR count). The van der Waals surface area contributed by atoms with Crippen LogP contribution in [0.5, 0.6) is 0 Å². The molecule has 5 heteroatoms. The van der Waals surface area contributed by atoms with Gasteiger partial charge >= 0.3 is 0 Å². The Kier molecular flexibility index (Phi) is 4.82. The first kappa shape index (κ1) is 18.2. The normalized spacial score (nSPS) is 13.9. The molecule has 0 aliphatic carbocycles. The highest BCUT2D eigenvalue weighted by Crippen LogP contribution is 2.32. The molecule has 0 saturated carbocycles. The fourth-order valence-electron chi connectivity index (χ4n) is 3.50. The summed E-state index contributed by atoms with van der Waals surface area (Å²) in [5.74, 6) is -0.0329. The number of aromatic nitrogens is 1. The third-order valence-corrected chi connectivity index (χ3v) is 5.28. The number of nitrogens with zero attached hydrogens (tertiary/aromatic N) is 2. The molecule has 1 fully saturated rings. The van der Waals surface area contributed by atoms with Gasteiger partial charge in [0.1, 0.15) is 5.82 Å². The maximum absolute atomic E-state index is 13.1. The lowest BCUT2D eigenvalue weighted by atomic mass is 9.90. The lowest BCUT2D eigenvalue weighted by molar-refractivity contribution is 0.0603. The van der Waals surface area contributed by atoms with E-state index in [-0.39, 0.29) is 17.6 Å². The highest BCUT2D eigenvalue weighted by atomic mass is 19.1. The Morgan fingerprint density at radius 1 is 1.04 bits per heavy atom. The van der Waals surface area contributed by atoms with E-state index in [0.29, 0.717) is 18.7 Å². The molecule has 1 amide bonds. The minimum Gasteiger partial charge on any atom is -0.354 e. The molecule has 1 N–H and O–H groups in total. The summed E-state index contributed by atoms with van der Waals surface area (Å²) in [5, 5.41) is 3.41. The number of amides is 1. The van der Waals surface area contributed by atoms with Crippen molar-refractivity contribution in [2.45, 2.75) is 19.8 Å². The molecule has 1 saturated heterocycles. The van der Waals surface area contributed by atoms with Crippen molar-refractivity contribution >= 4 is 17.3 Å². The summed E-state index contributed by atoms with van der Waals surface area (Å²) in [6.07, 6.45) is 3.38. The lowest BCUT2D eigenvalue weighted by Crippen LogP contribution is -2.48. The Morgan fingerprint density at radius 2 is 1.75 bits per heavy atom. The molecule has 142 valence electrons. The number of para-hydroxylation sites is 1. The van der Waals surface area contributed by atoms with Gasteiger partial charge in [0.2, 0.25) is 0 Å². The van der Waals surface area contributed by atoms with Crippen molar-refractivity contribution < 1.29 is 9.18 Å². The van der Waals surface area contributed by atoms with E-state index in [1.54, 1.807) is 24.5 Å². The first-order valence-corrected chi connectivity index (χ1v) is 9.35. The second-order valence-electron chi connectivity index (χ2n) is 7.28. The number of aryl methyl sites for hydroxylation is 2. The van der Waals surface area contributed by atoms with Gasteiger partial charge in [-0.1, -0.05) is 30.3 Å². The predicted octanol–water partition coefficient (Wildman–Crippen LogP) is 4.82. The number of carbonyl (C=O) groups is 1. The fraction of sp³-hybridized carbons (Fsp3) is 0.217. The zero-order chi connectivity index (χ0) is 19.7. The SMILES string of the molecule is Cc1ccccc1Nc1c(C)cncc1C(=O)N1CC(c2ccc(F)cc2)C1. The van der Waals surface area contributed by atoms with Crippen LogP contribution in [0.15, 0.2) is 60.9 Å². The summed E-state index contributed by atoms with van der Waals surface area (Å²) in [5.41, 5.74) is 5.42. The van der Waals surface area contributed by atoms with Crippen molar-refractivity contribution in [1.82, 2.24) is 9.88 Å². The van der Waals surface area contributed by atoms with E-state index in [0.717, 1.165) is 28.1 Å². The second kappa shape index (κ2) is 7.43. The topological polar surface area (TPSA) is 45.2 Å². The summed E-state index contributed by atoms with van der Waals surface area (Å²) >= 11 is 0. The van der Waals surface area contributed by atoms with Crippen molar-refractivity contribution in [1.29, 1.82) is 0 Å². The molecule has 1 aliphatic heterocycles. The maximum Gasteiger partial charge on any atom is 0.257 e. The molecular weight excluding hydrogens is 353 g/mol. The van der Waals surface area contributed by atoms with Crippen LogP contribution in [-0.2, 0) is 0 Å². The quantitative estimate of drug-likeness (QED) is 0.711. The van der Waals surface area contributed by atoms with Crippen LogP contribution in [0.3, 0.4) is 0 Å². The number of likely N-dealkylation sites (tertiary alicyclic amines) is 1. The van der Waals surface area contributed by atoms with Gasteiger partial charge in [-0.25, -0.2) is 4.39 Å². The van der Waals surface area contributed by atoms with Gasteiger partial charge in [0.15, 0.2) is 0 Å². The standard InChI is InChI=1S/C23H22FN3O/c1-15-5-3-4-6-21(15)26-22-16(2)11-25-12-20(22)23(28)27-13-18(14-27)17-7-9-19(24)10-8-17/h3-12,18H,13-14H2,1-2H3,(H,25,26). The summed E-state index contributed by atoms with van der Waals surface area (Å²) in [7, 11) is 0. The number of benzene rings is 2. The van der Waals surface area contributed by atoms with Crippen LogP contribution in [-0.4, -0.2) is 28.9 Å². The van der Waals surface area contributed by atoms with E-state index in [4.69, 9.17) is 0 Å². The van der Waals surface area contributed by atoms with Gasteiger partial charge in [0.25, 0.3) is 5.91 Å². The number of rotatable bonds is 4. The van der Waals surface area contributed by atoms with E-state index in [9.17, 15) is 9.18 Å². The summed E-state index contributed by atoms with van der Waals surface area (Å²) in [6.45, 7) is 5.23. The zero-order valence-corrected chi connectivity index (χ0v) is 15.9. The van der Waals surface area contributed by atoms with Crippen LogP contribution < -0.4 is 5.32 Å². The van der Waals surface area contributed by atoms with Crippen LogP contribution in [0.1, 0.15) is 33.0 Å². The maximum atomic E-state index is 13.1. The van der Waals surface area contributed by atoms with Crippen LogP contribution in [0, 0.1) is 19.7 Å². The van der Waals surface area contributed by atoms with Gasteiger partial charge in [0.05, 0.1) is 11.3 Å². The van der Waals surface area contributed by atoms with E-state index in [2.05, 4.69) is 10.3 Å². The third-order valence-electron chi connectivity index (χ3n) is 5.28. The molecule has 4 nitrogen and oxygen atoms in total. The van der Waals surface area contributed by atoms with Gasteiger partial charge in [-0.15, -0.1) is 0 Å². The average Bonchev–Trinajstić information content (AvgIpc) is 2.65. The van der Waals surface area contributed by atoms with Crippen molar-refractivity contribution in [3.05, 3.63) is 89.0 Å². The van der Waals surface area contributed by atoms with E-state index in [1.807, 2.05) is 43.0 Å². The van der Waals surface area contributed by atoms with E-state index >= 15 is 0 Å². The van der Waals surface area contributed by atoms with Gasteiger partial charge < -0.3 is 10.2 Å². The summed E-state index contributed by atoms with van der Waals surface area (Å²) in [4.78, 5) is 19.1. The summed E-state index contributed by atoms with van der Waals surface area (Å²) < 4.78 is 13.1. The molecule has 0 unspecified atom stereocenters. The smallest absolute Gasteiger partial charge is 0.257 e. The van der Waals surface area contributed by atoms with E-state index in [1.165, 1.54) is 12.1 Å². The lowest BCUT2D eigenvalue weighted by Gasteiger charge is -2.40. The number of hydrogen-bond acceptors (Lipinski definition) is 3. The molecule has 0 radical (unpaired) electrons. The monoisotopic (exact) mass is 375 g/mol. The minimum absolute atomic E-state index is 0.0364. The predicted molar refractivity (Wildman–Crippen MR) is 108 cm³/mol. The highest BCUT2D eigenvalue weighted by Gasteiger charge is 2.33. The first-order valence-electron chi connectivity index (χ1n) is 9.35.